The fourth-order valence-electron chi connectivity index (χ4n) is 5.99. The van der Waals surface area contributed by atoms with Crippen molar-refractivity contribution >= 4 is 37.1 Å². The Morgan fingerprint density at radius 3 is 2.19 bits per heavy atom. The molecule has 2 aliphatic rings. The Hall–Kier alpha value is -2.84. The monoisotopic (exact) mass is 427 g/mol. The lowest BCUT2D eigenvalue weighted by molar-refractivity contribution is 1.17. The smallest absolute Gasteiger partial charge is 0.0671 e. The molecule has 4 aromatic carbocycles. The van der Waals surface area contributed by atoms with E-state index in [1.54, 1.807) is 16.2 Å². The second-order valence-corrected chi connectivity index (χ2v) is 12.5. The fourth-order valence-corrected chi connectivity index (χ4v) is 6.96. The van der Waals surface area contributed by atoms with Crippen LogP contribution in [-0.2, 0) is 12.8 Å². The molecule has 1 heterocycles. The Labute approximate surface area is 194 Å². The van der Waals surface area contributed by atoms with Crippen LogP contribution >= 0.6 is 0 Å². The van der Waals surface area contributed by atoms with Gasteiger partial charge in [0.25, 0.3) is 0 Å². The van der Waals surface area contributed by atoms with Crippen LogP contribution in [0, 0.1) is 13.8 Å². The van der Waals surface area contributed by atoms with Crippen LogP contribution in [-0.4, -0.2) is 15.5 Å². The Morgan fingerprint density at radius 2 is 1.38 bits per heavy atom. The highest BCUT2D eigenvalue weighted by Gasteiger charge is 2.35. The highest BCUT2D eigenvalue weighted by Crippen LogP contribution is 2.37. The topological polar surface area (TPSA) is 0 Å². The van der Waals surface area contributed by atoms with Crippen LogP contribution in [0.5, 0.6) is 0 Å². The Bertz CT molecular complexity index is 1380. The van der Waals surface area contributed by atoms with E-state index in [2.05, 4.69) is 99.7 Å². The van der Waals surface area contributed by atoms with Crippen LogP contribution in [0.2, 0.25) is 13.1 Å². The molecule has 32 heavy (non-hydrogen) atoms. The summed E-state index contributed by atoms with van der Waals surface area (Å²) in [7, 11) is -0.478. The maximum absolute atomic E-state index is 2.54. The number of rotatable bonds is 2. The normalized spacial score (nSPS) is 13.6. The van der Waals surface area contributed by atoms with E-state index in [9.17, 15) is 0 Å². The molecule has 0 atom stereocenters. The maximum atomic E-state index is 2.54. The van der Waals surface area contributed by atoms with Crippen LogP contribution in [0.3, 0.4) is 0 Å². The maximum Gasteiger partial charge on any atom is 0.242 e. The van der Waals surface area contributed by atoms with E-state index in [0.29, 0.717) is 6.71 Å². The van der Waals surface area contributed by atoms with Gasteiger partial charge < -0.3 is 0 Å². The largest absolute Gasteiger partial charge is 0.242 e. The summed E-state index contributed by atoms with van der Waals surface area (Å²) < 4.78 is 0. The predicted molar refractivity (Wildman–Crippen MR) is 142 cm³/mol. The Kier molecular flexibility index (Phi) is 4.55. The molecule has 0 nitrogen and oxygen atoms in total. The lowest BCUT2D eigenvalue weighted by atomic mass is 9.32. The molecular formula is C30H28BSi. The van der Waals surface area contributed by atoms with Crippen LogP contribution in [0.15, 0.2) is 72.8 Å². The molecule has 0 saturated carbocycles. The summed E-state index contributed by atoms with van der Waals surface area (Å²) in [5, 5.41) is 1.56. The number of aryl methyl sites for hydroxylation is 2. The minimum absolute atomic E-state index is 0.312. The average Bonchev–Trinajstić information content (AvgIpc) is 3.14. The quantitative estimate of drug-likeness (QED) is 0.363. The molecule has 1 aliphatic carbocycles. The van der Waals surface area contributed by atoms with E-state index >= 15 is 0 Å². The first-order chi connectivity index (χ1) is 15.5. The first-order valence-corrected chi connectivity index (χ1v) is 14.2. The van der Waals surface area contributed by atoms with E-state index in [0.717, 1.165) is 12.8 Å². The van der Waals surface area contributed by atoms with Crippen LogP contribution in [0.1, 0.15) is 33.4 Å². The second kappa shape index (κ2) is 7.35. The van der Waals surface area contributed by atoms with Crippen molar-refractivity contribution in [1.82, 2.24) is 0 Å². The summed E-state index contributed by atoms with van der Waals surface area (Å²) in [4.78, 5) is 0. The lowest BCUT2D eigenvalue weighted by Crippen LogP contribution is -2.59. The number of hydrogen-bond donors (Lipinski definition) is 0. The summed E-state index contributed by atoms with van der Waals surface area (Å²) >= 11 is 0. The van der Waals surface area contributed by atoms with Crippen LogP contribution in [0.4, 0.5) is 0 Å². The summed E-state index contributed by atoms with van der Waals surface area (Å²) in [5.41, 5.74) is 16.3. The molecule has 0 unspecified atom stereocenters. The molecule has 2 heteroatoms. The molecule has 1 aliphatic heterocycles. The van der Waals surface area contributed by atoms with Gasteiger partial charge in [0.05, 0.1) is 8.80 Å². The molecule has 0 aromatic heterocycles. The summed E-state index contributed by atoms with van der Waals surface area (Å²) in [6.45, 7) is 9.74. The highest BCUT2D eigenvalue weighted by molar-refractivity contribution is 6.97. The third-order valence-corrected chi connectivity index (χ3v) is 9.03. The van der Waals surface area contributed by atoms with Gasteiger partial charge in [-0.25, -0.2) is 0 Å². The summed E-state index contributed by atoms with van der Waals surface area (Å²) in [6, 6.07) is 28.0. The van der Waals surface area contributed by atoms with Gasteiger partial charge in [0, 0.05) is 0 Å². The van der Waals surface area contributed by atoms with E-state index in [-0.39, 0.29) is 0 Å². The third-order valence-electron chi connectivity index (χ3n) is 7.58. The molecule has 1 radical (unpaired) electrons. The Morgan fingerprint density at radius 1 is 0.625 bits per heavy atom. The van der Waals surface area contributed by atoms with Gasteiger partial charge in [-0.05, 0) is 60.1 Å². The first-order valence-electron chi connectivity index (χ1n) is 11.7. The minimum atomic E-state index is -0.478. The zero-order valence-electron chi connectivity index (χ0n) is 19.4. The highest BCUT2D eigenvalue weighted by atomic mass is 28.3. The van der Waals surface area contributed by atoms with Crippen molar-refractivity contribution < 1.29 is 0 Å². The van der Waals surface area contributed by atoms with Crippen LogP contribution in [0.25, 0.3) is 11.1 Å². The SMILES string of the molecule is Cc1ccccc1B1c2cc3c(cc2Cc2cc([Si](C)C)cc(C)c21)Cc1ccccc1-3. The average molecular weight is 427 g/mol. The molecule has 0 bridgehead atoms. The first kappa shape index (κ1) is 19.8. The third kappa shape index (κ3) is 2.97. The summed E-state index contributed by atoms with van der Waals surface area (Å²) in [6.07, 6.45) is 2.12. The second-order valence-electron chi connectivity index (χ2n) is 9.87. The van der Waals surface area contributed by atoms with Crippen molar-refractivity contribution in [3.05, 3.63) is 106 Å². The number of benzene rings is 4. The van der Waals surface area contributed by atoms with Gasteiger partial charge in [0.1, 0.15) is 0 Å². The zero-order chi connectivity index (χ0) is 22.0. The van der Waals surface area contributed by atoms with Crippen molar-refractivity contribution in [2.45, 2.75) is 39.8 Å². The van der Waals surface area contributed by atoms with Gasteiger partial charge in [0.15, 0.2) is 0 Å². The van der Waals surface area contributed by atoms with Gasteiger partial charge in [0.2, 0.25) is 6.71 Å². The summed E-state index contributed by atoms with van der Waals surface area (Å²) in [5.74, 6) is 0. The van der Waals surface area contributed by atoms with Crippen molar-refractivity contribution in [3.63, 3.8) is 0 Å². The number of fused-ring (bicyclic) bond motifs is 5. The standard InChI is InChI=1S/C30H28BSi/c1-19-9-5-8-12-28(19)31-29-18-27-22(14-21-10-6-7-11-26(21)27)15-23(29)16-24-17-25(32(3)4)13-20(2)30(24)31/h5-13,15,17-18H,14,16H2,1-4H3. The molecule has 4 aromatic rings. The van der Waals surface area contributed by atoms with Gasteiger partial charge in [-0.3, -0.25) is 0 Å². The van der Waals surface area contributed by atoms with E-state index in [4.69, 9.17) is 0 Å². The lowest BCUT2D eigenvalue weighted by Gasteiger charge is -2.31. The van der Waals surface area contributed by atoms with Gasteiger partial charge >= 0.3 is 0 Å². The molecule has 0 N–H and O–H groups in total. The predicted octanol–water partition coefficient (Wildman–Crippen LogP) is 4.26. The van der Waals surface area contributed by atoms with Crippen molar-refractivity contribution in [2.24, 2.45) is 0 Å². The number of hydrogen-bond acceptors (Lipinski definition) is 0. The van der Waals surface area contributed by atoms with E-state index < -0.39 is 8.80 Å². The van der Waals surface area contributed by atoms with Crippen LogP contribution < -0.4 is 21.6 Å². The van der Waals surface area contributed by atoms with Crippen molar-refractivity contribution in [2.75, 3.05) is 0 Å². The molecule has 0 fully saturated rings. The van der Waals surface area contributed by atoms with E-state index in [1.807, 2.05) is 0 Å². The zero-order valence-corrected chi connectivity index (χ0v) is 20.4. The molecule has 0 amide bonds. The molecule has 0 saturated heterocycles. The minimum Gasteiger partial charge on any atom is -0.0671 e. The van der Waals surface area contributed by atoms with Gasteiger partial charge in [-0.1, -0.05) is 119 Å². The van der Waals surface area contributed by atoms with Gasteiger partial charge in [-0.15, -0.1) is 0 Å². The van der Waals surface area contributed by atoms with Gasteiger partial charge in [-0.2, -0.15) is 0 Å². The Balaban J connectivity index is 1.63. The van der Waals surface area contributed by atoms with Crippen molar-refractivity contribution in [1.29, 1.82) is 0 Å². The van der Waals surface area contributed by atoms with E-state index in [1.165, 1.54) is 49.9 Å². The molecular weight excluding hydrogens is 399 g/mol. The molecule has 6 rings (SSSR count). The fraction of sp³-hybridized carbons (Fsp3) is 0.200. The molecule has 155 valence electrons. The molecule has 0 spiro atoms. The van der Waals surface area contributed by atoms with Crippen molar-refractivity contribution in [3.8, 4) is 11.1 Å².